The van der Waals surface area contributed by atoms with Crippen molar-refractivity contribution in [1.82, 2.24) is 4.57 Å². The van der Waals surface area contributed by atoms with Crippen LogP contribution in [-0.4, -0.2) is 10.5 Å². The molecule has 0 bridgehead atoms. The summed E-state index contributed by atoms with van der Waals surface area (Å²) in [5, 5.41) is 8.89. The SMILES string of the molecule is Cn1c(C(=O)Nc2ccc(SN)cc2)cc2c(F)cc(Cl)cc21. The molecule has 3 N–H and O–H groups in total. The molecule has 0 aliphatic heterocycles. The second-order valence-electron chi connectivity index (χ2n) is 5.01. The summed E-state index contributed by atoms with van der Waals surface area (Å²) in [7, 11) is 1.70. The topological polar surface area (TPSA) is 60.0 Å². The number of hydrogen-bond acceptors (Lipinski definition) is 3. The fourth-order valence-corrected chi connectivity index (χ4v) is 2.88. The minimum atomic E-state index is -0.452. The minimum Gasteiger partial charge on any atom is -0.339 e. The number of aryl methyl sites for hydroxylation is 1. The van der Waals surface area contributed by atoms with Gasteiger partial charge in [0, 0.05) is 28.0 Å². The first-order chi connectivity index (χ1) is 11.0. The number of amides is 1. The highest BCUT2D eigenvalue weighted by Gasteiger charge is 2.16. The quantitative estimate of drug-likeness (QED) is 0.697. The van der Waals surface area contributed by atoms with Gasteiger partial charge in [-0.3, -0.25) is 9.93 Å². The van der Waals surface area contributed by atoms with Gasteiger partial charge in [-0.15, -0.1) is 0 Å². The van der Waals surface area contributed by atoms with Gasteiger partial charge in [0.2, 0.25) is 0 Å². The van der Waals surface area contributed by atoms with E-state index in [-0.39, 0.29) is 10.9 Å². The molecule has 0 spiro atoms. The van der Waals surface area contributed by atoms with E-state index in [1.54, 1.807) is 41.9 Å². The van der Waals surface area contributed by atoms with Gasteiger partial charge in [-0.25, -0.2) is 4.39 Å². The molecule has 0 atom stereocenters. The lowest BCUT2D eigenvalue weighted by Gasteiger charge is -2.07. The smallest absolute Gasteiger partial charge is 0.272 e. The van der Waals surface area contributed by atoms with Crippen molar-refractivity contribution in [2.75, 3.05) is 5.32 Å². The third-order valence-electron chi connectivity index (χ3n) is 3.56. The van der Waals surface area contributed by atoms with Gasteiger partial charge in [0.25, 0.3) is 5.91 Å². The molecular formula is C16H13ClFN3OS. The number of fused-ring (bicyclic) bond motifs is 1. The van der Waals surface area contributed by atoms with Crippen LogP contribution in [0.5, 0.6) is 0 Å². The lowest BCUT2D eigenvalue weighted by molar-refractivity contribution is 0.102. The first kappa shape index (κ1) is 15.9. The van der Waals surface area contributed by atoms with E-state index in [2.05, 4.69) is 5.32 Å². The number of nitrogens with zero attached hydrogens (tertiary/aromatic N) is 1. The van der Waals surface area contributed by atoms with Crippen molar-refractivity contribution >= 4 is 46.0 Å². The van der Waals surface area contributed by atoms with E-state index < -0.39 is 5.82 Å². The van der Waals surface area contributed by atoms with Crippen molar-refractivity contribution < 1.29 is 9.18 Å². The summed E-state index contributed by atoms with van der Waals surface area (Å²) in [6, 6.07) is 11.5. The molecule has 0 fully saturated rings. The number of nitrogens with one attached hydrogen (secondary N) is 1. The molecule has 118 valence electrons. The van der Waals surface area contributed by atoms with Crippen LogP contribution in [0.4, 0.5) is 10.1 Å². The molecule has 3 rings (SSSR count). The Kier molecular flexibility index (Phi) is 4.30. The highest BCUT2D eigenvalue weighted by Crippen LogP contribution is 2.26. The number of carbonyl (C=O) groups excluding carboxylic acids is 1. The summed E-state index contributed by atoms with van der Waals surface area (Å²) in [6.07, 6.45) is 0. The zero-order valence-electron chi connectivity index (χ0n) is 12.1. The Hall–Kier alpha value is -2.02. The zero-order chi connectivity index (χ0) is 16.6. The highest BCUT2D eigenvalue weighted by molar-refractivity contribution is 7.97. The number of rotatable bonds is 3. The van der Waals surface area contributed by atoms with Crippen molar-refractivity contribution in [2.45, 2.75) is 4.90 Å². The Bertz CT molecular complexity index is 892. The van der Waals surface area contributed by atoms with Gasteiger partial charge in [0.1, 0.15) is 11.5 Å². The van der Waals surface area contributed by atoms with Crippen molar-refractivity contribution in [3.63, 3.8) is 0 Å². The average molecular weight is 350 g/mol. The molecule has 0 saturated heterocycles. The lowest BCUT2D eigenvalue weighted by atomic mass is 10.2. The number of carbonyl (C=O) groups is 1. The predicted octanol–water partition coefficient (Wildman–Crippen LogP) is 4.19. The number of hydrogen-bond donors (Lipinski definition) is 2. The Labute approximate surface area is 141 Å². The number of nitrogens with two attached hydrogens (primary N) is 1. The van der Waals surface area contributed by atoms with Gasteiger partial charge in [-0.2, -0.15) is 0 Å². The molecule has 1 amide bonds. The minimum absolute atomic E-state index is 0.290. The first-order valence-corrected chi connectivity index (χ1v) is 7.98. The monoisotopic (exact) mass is 349 g/mol. The average Bonchev–Trinajstić information content (AvgIpc) is 2.86. The van der Waals surface area contributed by atoms with Crippen molar-refractivity contribution in [3.8, 4) is 0 Å². The molecule has 2 aromatic carbocycles. The molecule has 0 aliphatic rings. The van der Waals surface area contributed by atoms with E-state index >= 15 is 0 Å². The summed E-state index contributed by atoms with van der Waals surface area (Å²) >= 11 is 7.01. The largest absolute Gasteiger partial charge is 0.339 e. The predicted molar refractivity (Wildman–Crippen MR) is 92.3 cm³/mol. The molecule has 23 heavy (non-hydrogen) atoms. The van der Waals surface area contributed by atoms with Crippen LogP contribution < -0.4 is 10.5 Å². The summed E-state index contributed by atoms with van der Waals surface area (Å²) < 4.78 is 15.6. The first-order valence-electron chi connectivity index (χ1n) is 6.72. The molecule has 1 aromatic heterocycles. The van der Waals surface area contributed by atoms with Crippen LogP contribution in [-0.2, 0) is 7.05 Å². The molecule has 0 radical (unpaired) electrons. The van der Waals surface area contributed by atoms with E-state index in [0.717, 1.165) is 16.8 Å². The molecule has 0 aliphatic carbocycles. The second kappa shape index (κ2) is 6.23. The third kappa shape index (κ3) is 3.06. The van der Waals surface area contributed by atoms with E-state index in [1.807, 2.05) is 0 Å². The van der Waals surface area contributed by atoms with E-state index in [4.69, 9.17) is 16.7 Å². The Morgan fingerprint density at radius 3 is 2.61 bits per heavy atom. The van der Waals surface area contributed by atoms with Crippen molar-refractivity contribution in [1.29, 1.82) is 0 Å². The number of aromatic nitrogens is 1. The highest BCUT2D eigenvalue weighted by atomic mass is 35.5. The van der Waals surface area contributed by atoms with Gasteiger partial charge in [-0.05, 0) is 54.4 Å². The molecular weight excluding hydrogens is 337 g/mol. The Balaban J connectivity index is 1.94. The second-order valence-corrected chi connectivity index (χ2v) is 6.15. The maximum atomic E-state index is 14.0. The normalized spacial score (nSPS) is 11.0. The van der Waals surface area contributed by atoms with Crippen LogP contribution in [0.1, 0.15) is 10.5 Å². The van der Waals surface area contributed by atoms with E-state index in [9.17, 15) is 9.18 Å². The zero-order valence-corrected chi connectivity index (χ0v) is 13.7. The van der Waals surface area contributed by atoms with Crippen LogP contribution in [0.25, 0.3) is 10.9 Å². The van der Waals surface area contributed by atoms with E-state index in [1.165, 1.54) is 12.1 Å². The summed E-state index contributed by atoms with van der Waals surface area (Å²) in [4.78, 5) is 13.3. The molecule has 7 heteroatoms. The maximum Gasteiger partial charge on any atom is 0.272 e. The molecule has 0 saturated carbocycles. The Morgan fingerprint density at radius 1 is 1.26 bits per heavy atom. The van der Waals surface area contributed by atoms with Crippen molar-refractivity contribution in [2.24, 2.45) is 12.2 Å². The van der Waals surface area contributed by atoms with Crippen LogP contribution in [0.2, 0.25) is 5.02 Å². The standard InChI is InChI=1S/C16H13ClFN3OS/c1-21-14-7-9(17)6-13(18)12(14)8-15(21)16(22)20-10-2-4-11(23-19)5-3-10/h2-8H,19H2,1H3,(H,20,22). The maximum absolute atomic E-state index is 14.0. The fourth-order valence-electron chi connectivity index (χ4n) is 2.38. The van der Waals surface area contributed by atoms with Gasteiger partial charge in [0.05, 0.1) is 5.52 Å². The molecule has 4 nitrogen and oxygen atoms in total. The summed E-state index contributed by atoms with van der Waals surface area (Å²) in [5.74, 6) is -0.779. The third-order valence-corrected chi connectivity index (χ3v) is 4.32. The molecule has 1 heterocycles. The van der Waals surface area contributed by atoms with Crippen LogP contribution >= 0.6 is 23.5 Å². The lowest BCUT2D eigenvalue weighted by Crippen LogP contribution is -2.15. The molecule has 0 unspecified atom stereocenters. The van der Waals surface area contributed by atoms with Crippen LogP contribution in [0.15, 0.2) is 47.4 Å². The van der Waals surface area contributed by atoms with Gasteiger partial charge < -0.3 is 9.88 Å². The van der Waals surface area contributed by atoms with E-state index in [0.29, 0.717) is 22.3 Å². The summed E-state index contributed by atoms with van der Waals surface area (Å²) in [5.41, 5.74) is 1.55. The number of benzene rings is 2. The summed E-state index contributed by atoms with van der Waals surface area (Å²) in [6.45, 7) is 0. The van der Waals surface area contributed by atoms with Crippen LogP contribution in [0, 0.1) is 5.82 Å². The molecule has 3 aromatic rings. The van der Waals surface area contributed by atoms with Crippen LogP contribution in [0.3, 0.4) is 0 Å². The van der Waals surface area contributed by atoms with Gasteiger partial charge in [-0.1, -0.05) is 11.6 Å². The number of halogens is 2. The van der Waals surface area contributed by atoms with Gasteiger partial charge in [0.15, 0.2) is 0 Å². The number of anilines is 1. The Morgan fingerprint density at radius 2 is 1.96 bits per heavy atom. The van der Waals surface area contributed by atoms with Crippen molar-refractivity contribution in [3.05, 3.63) is 59.0 Å². The fraction of sp³-hybridized carbons (Fsp3) is 0.0625. The van der Waals surface area contributed by atoms with Gasteiger partial charge >= 0.3 is 0 Å².